The van der Waals surface area contributed by atoms with E-state index in [2.05, 4.69) is 15.2 Å². The lowest BCUT2D eigenvalue weighted by molar-refractivity contribution is -0.111. The van der Waals surface area contributed by atoms with E-state index in [1.54, 1.807) is 6.08 Å². The minimum Gasteiger partial charge on any atom is -0.435 e. The van der Waals surface area contributed by atoms with E-state index in [0.717, 1.165) is 22.6 Å². The predicted octanol–water partition coefficient (Wildman–Crippen LogP) is 4.74. The van der Waals surface area contributed by atoms with E-state index in [4.69, 9.17) is 0 Å². The molecule has 0 aliphatic carbocycles. The quantitative estimate of drug-likeness (QED) is 0.626. The maximum atomic E-state index is 12.2. The van der Waals surface area contributed by atoms with Gasteiger partial charge in [-0.25, -0.2) is 4.68 Å². The van der Waals surface area contributed by atoms with E-state index in [-0.39, 0.29) is 11.7 Å². The molecule has 0 unspecified atom stereocenters. The minimum atomic E-state index is -2.88. The Morgan fingerprint density at radius 1 is 1.11 bits per heavy atom. The molecule has 0 spiro atoms. The van der Waals surface area contributed by atoms with Gasteiger partial charge in [0.15, 0.2) is 0 Å². The van der Waals surface area contributed by atoms with Gasteiger partial charge in [-0.2, -0.15) is 13.9 Å². The highest BCUT2D eigenvalue weighted by molar-refractivity contribution is 6.02. The number of ether oxygens (including phenoxy) is 1. The summed E-state index contributed by atoms with van der Waals surface area (Å²) in [5.74, 6) is -0.308. The first-order valence-corrected chi connectivity index (χ1v) is 8.59. The fourth-order valence-corrected chi connectivity index (χ4v) is 2.78. The summed E-state index contributed by atoms with van der Waals surface area (Å²) >= 11 is 0. The van der Waals surface area contributed by atoms with Crippen LogP contribution < -0.4 is 10.1 Å². The van der Waals surface area contributed by atoms with Crippen LogP contribution in [0.15, 0.2) is 60.7 Å². The third kappa shape index (κ3) is 4.62. The summed E-state index contributed by atoms with van der Waals surface area (Å²) < 4.78 is 30.4. The molecule has 1 N–H and O–H groups in total. The molecule has 3 aromatic rings. The smallest absolute Gasteiger partial charge is 0.387 e. The Labute approximate surface area is 161 Å². The van der Waals surface area contributed by atoms with Crippen molar-refractivity contribution in [2.24, 2.45) is 0 Å². The van der Waals surface area contributed by atoms with Gasteiger partial charge < -0.3 is 10.1 Å². The largest absolute Gasteiger partial charge is 0.435 e. The average molecular weight is 383 g/mol. The van der Waals surface area contributed by atoms with Crippen molar-refractivity contribution in [1.82, 2.24) is 9.78 Å². The first kappa shape index (κ1) is 19.3. The fourth-order valence-electron chi connectivity index (χ4n) is 2.78. The number of halogens is 2. The van der Waals surface area contributed by atoms with Crippen LogP contribution in [0.25, 0.3) is 11.8 Å². The molecule has 0 atom stereocenters. The molecule has 1 heterocycles. The number of para-hydroxylation sites is 1. The van der Waals surface area contributed by atoms with E-state index in [0.29, 0.717) is 5.69 Å². The number of nitrogens with one attached hydrogen (secondary N) is 1. The van der Waals surface area contributed by atoms with Gasteiger partial charge in [-0.1, -0.05) is 18.2 Å². The lowest BCUT2D eigenvalue weighted by atomic mass is 10.2. The van der Waals surface area contributed by atoms with E-state index in [1.165, 1.54) is 30.3 Å². The van der Waals surface area contributed by atoms with Gasteiger partial charge in [0, 0.05) is 23.0 Å². The van der Waals surface area contributed by atoms with E-state index in [9.17, 15) is 13.6 Å². The molecule has 2 aromatic carbocycles. The van der Waals surface area contributed by atoms with Crippen molar-refractivity contribution in [3.63, 3.8) is 0 Å². The molecule has 0 aliphatic rings. The lowest BCUT2D eigenvalue weighted by Crippen LogP contribution is -2.08. The monoisotopic (exact) mass is 383 g/mol. The SMILES string of the molecule is Cc1nn(-c2ccccc2)c(C)c1/C=C/C(=O)Nc1ccc(OC(F)F)cc1. The summed E-state index contributed by atoms with van der Waals surface area (Å²) in [4.78, 5) is 12.2. The molecule has 0 saturated heterocycles. The number of aromatic nitrogens is 2. The number of anilines is 1. The third-order valence-electron chi connectivity index (χ3n) is 4.10. The molecule has 0 fully saturated rings. The number of aryl methyl sites for hydroxylation is 1. The summed E-state index contributed by atoms with van der Waals surface area (Å²) in [7, 11) is 0. The normalized spacial score (nSPS) is 11.2. The topological polar surface area (TPSA) is 56.2 Å². The maximum Gasteiger partial charge on any atom is 0.387 e. The highest BCUT2D eigenvalue weighted by Gasteiger charge is 2.11. The summed E-state index contributed by atoms with van der Waals surface area (Å²) in [5, 5.41) is 7.21. The molecule has 7 heteroatoms. The lowest BCUT2D eigenvalue weighted by Gasteiger charge is -2.06. The highest BCUT2D eigenvalue weighted by atomic mass is 19.3. The number of rotatable bonds is 6. The Morgan fingerprint density at radius 2 is 1.79 bits per heavy atom. The van der Waals surface area contributed by atoms with Gasteiger partial charge in [0.2, 0.25) is 5.91 Å². The van der Waals surface area contributed by atoms with Crippen molar-refractivity contribution in [3.8, 4) is 11.4 Å². The Morgan fingerprint density at radius 3 is 2.43 bits per heavy atom. The number of amides is 1. The molecule has 28 heavy (non-hydrogen) atoms. The van der Waals surface area contributed by atoms with Crippen molar-refractivity contribution in [2.75, 3.05) is 5.32 Å². The summed E-state index contributed by atoms with van der Waals surface area (Å²) in [6, 6.07) is 15.4. The first-order valence-electron chi connectivity index (χ1n) is 8.59. The molecular formula is C21H19F2N3O2. The second-order valence-electron chi connectivity index (χ2n) is 6.06. The van der Waals surface area contributed by atoms with Crippen LogP contribution in [-0.2, 0) is 4.79 Å². The van der Waals surface area contributed by atoms with Crippen molar-refractivity contribution in [3.05, 3.63) is 77.6 Å². The van der Waals surface area contributed by atoms with Crippen molar-refractivity contribution in [2.45, 2.75) is 20.5 Å². The van der Waals surface area contributed by atoms with Crippen LogP contribution in [-0.4, -0.2) is 22.3 Å². The van der Waals surface area contributed by atoms with Crippen LogP contribution in [0.2, 0.25) is 0 Å². The van der Waals surface area contributed by atoms with Crippen LogP contribution in [0.3, 0.4) is 0 Å². The number of benzene rings is 2. The number of hydrogen-bond acceptors (Lipinski definition) is 3. The van der Waals surface area contributed by atoms with Crippen LogP contribution >= 0.6 is 0 Å². The van der Waals surface area contributed by atoms with E-state index < -0.39 is 6.61 Å². The van der Waals surface area contributed by atoms with Crippen LogP contribution in [0.5, 0.6) is 5.75 Å². The molecule has 0 aliphatic heterocycles. The second-order valence-corrected chi connectivity index (χ2v) is 6.06. The van der Waals surface area contributed by atoms with Crippen LogP contribution in [0.4, 0.5) is 14.5 Å². The molecular weight excluding hydrogens is 364 g/mol. The summed E-state index contributed by atoms with van der Waals surface area (Å²) in [5.41, 5.74) is 4.00. The van der Waals surface area contributed by atoms with Crippen molar-refractivity contribution in [1.29, 1.82) is 0 Å². The molecule has 1 aromatic heterocycles. The van der Waals surface area contributed by atoms with Crippen LogP contribution in [0.1, 0.15) is 17.0 Å². The Kier molecular flexibility index (Phi) is 5.84. The zero-order valence-electron chi connectivity index (χ0n) is 15.4. The Bertz CT molecular complexity index is 981. The van der Waals surface area contributed by atoms with Crippen molar-refractivity contribution < 1.29 is 18.3 Å². The van der Waals surface area contributed by atoms with Crippen molar-refractivity contribution >= 4 is 17.7 Å². The zero-order chi connectivity index (χ0) is 20.1. The molecule has 0 saturated carbocycles. The summed E-state index contributed by atoms with van der Waals surface area (Å²) in [6.45, 7) is 0.935. The number of nitrogens with zero attached hydrogens (tertiary/aromatic N) is 2. The molecule has 3 rings (SSSR count). The number of hydrogen-bond donors (Lipinski definition) is 1. The Hall–Kier alpha value is -3.48. The van der Waals surface area contributed by atoms with Gasteiger partial charge in [0.25, 0.3) is 0 Å². The third-order valence-corrected chi connectivity index (χ3v) is 4.10. The van der Waals surface area contributed by atoms with Gasteiger partial charge in [-0.3, -0.25) is 4.79 Å². The average Bonchev–Trinajstić information content (AvgIpc) is 2.96. The van der Waals surface area contributed by atoms with E-state index in [1.807, 2.05) is 48.9 Å². The zero-order valence-corrected chi connectivity index (χ0v) is 15.4. The molecule has 0 bridgehead atoms. The number of carbonyl (C=O) groups excluding carboxylic acids is 1. The predicted molar refractivity (Wildman–Crippen MR) is 104 cm³/mol. The highest BCUT2D eigenvalue weighted by Crippen LogP contribution is 2.20. The molecule has 0 radical (unpaired) electrons. The van der Waals surface area contributed by atoms with Crippen LogP contribution in [0, 0.1) is 13.8 Å². The minimum absolute atomic E-state index is 0.0307. The second kappa shape index (κ2) is 8.47. The van der Waals surface area contributed by atoms with E-state index >= 15 is 0 Å². The van der Waals surface area contributed by atoms with Gasteiger partial charge in [0.05, 0.1) is 11.4 Å². The molecule has 5 nitrogen and oxygen atoms in total. The first-order chi connectivity index (χ1) is 13.4. The molecule has 1 amide bonds. The van der Waals surface area contributed by atoms with Gasteiger partial charge >= 0.3 is 6.61 Å². The number of carbonyl (C=O) groups is 1. The van der Waals surface area contributed by atoms with Gasteiger partial charge in [-0.05, 0) is 56.3 Å². The Balaban J connectivity index is 1.70. The van der Waals surface area contributed by atoms with Gasteiger partial charge in [0.1, 0.15) is 5.75 Å². The maximum absolute atomic E-state index is 12.2. The number of alkyl halides is 2. The fraction of sp³-hybridized carbons (Fsp3) is 0.143. The standard InChI is InChI=1S/C21H19F2N3O2/c1-14-19(15(2)26(25-14)17-6-4-3-5-7-17)12-13-20(27)24-16-8-10-18(11-9-16)28-21(22)23/h3-13,21H,1-2H3,(H,24,27)/b13-12+. The van der Waals surface area contributed by atoms with Gasteiger partial charge in [-0.15, -0.1) is 0 Å². The summed E-state index contributed by atoms with van der Waals surface area (Å²) in [6.07, 6.45) is 3.12. The molecule has 144 valence electrons.